The average Bonchev–Trinajstić information content (AvgIpc) is 3.06. The molecule has 0 bridgehead atoms. The van der Waals surface area contributed by atoms with Crippen molar-refractivity contribution in [2.75, 3.05) is 59.9 Å². The number of piperidine rings is 2. The third-order valence-corrected chi connectivity index (χ3v) is 7.52. The van der Waals surface area contributed by atoms with E-state index in [1.165, 1.54) is 0 Å². The van der Waals surface area contributed by atoms with Crippen molar-refractivity contribution in [3.05, 3.63) is 71.8 Å². The Hall–Kier alpha value is -3.37. The van der Waals surface area contributed by atoms with Crippen molar-refractivity contribution in [1.82, 2.24) is 25.8 Å². The number of nitrogens with zero attached hydrogens (tertiary/aromatic N) is 2. The van der Waals surface area contributed by atoms with Crippen molar-refractivity contribution in [1.29, 1.82) is 0 Å². The summed E-state index contributed by atoms with van der Waals surface area (Å²) in [6.45, 7) is 6.33. The highest BCUT2D eigenvalue weighted by atomic mass is 16.6. The second-order valence-corrected chi connectivity index (χ2v) is 11.7. The van der Waals surface area contributed by atoms with E-state index >= 15 is 0 Å². The highest BCUT2D eigenvalue weighted by molar-refractivity contribution is 7.49. The largest absolute Gasteiger partial charge is 0.445 e. The molecule has 0 saturated carbocycles. The van der Waals surface area contributed by atoms with Gasteiger partial charge in [0.15, 0.2) is 0 Å². The molecule has 2 fully saturated rings. The van der Waals surface area contributed by atoms with Crippen LogP contribution in [-0.2, 0) is 27.5 Å². The van der Waals surface area contributed by atoms with Crippen LogP contribution >= 0.6 is 0 Å². The lowest BCUT2D eigenvalue weighted by atomic mass is 9.08. The first-order valence-electron chi connectivity index (χ1n) is 15.9. The van der Waals surface area contributed by atoms with Crippen molar-refractivity contribution in [2.24, 2.45) is 11.8 Å². The Balaban J connectivity index is -0.000000762. The van der Waals surface area contributed by atoms with E-state index in [0.717, 1.165) is 69.5 Å². The van der Waals surface area contributed by atoms with Crippen LogP contribution in [0.4, 0.5) is 9.59 Å². The maximum atomic E-state index is 11.7. The van der Waals surface area contributed by atoms with E-state index in [1.54, 1.807) is 19.0 Å². The highest BCUT2D eigenvalue weighted by Crippen LogP contribution is 2.16. The number of alkyl carbamates (subject to hydrolysis) is 2. The number of amides is 3. The van der Waals surface area contributed by atoms with Gasteiger partial charge in [0.25, 0.3) is 0 Å². The molecule has 274 valence electrons. The molecule has 6 radical (unpaired) electrons. The Morgan fingerprint density at radius 2 is 1.12 bits per heavy atom. The van der Waals surface area contributed by atoms with Crippen LogP contribution in [-0.4, -0.2) is 117 Å². The summed E-state index contributed by atoms with van der Waals surface area (Å²) in [4.78, 5) is 38.8. The summed E-state index contributed by atoms with van der Waals surface area (Å²) in [6.07, 6.45) is 2.86. The quantitative estimate of drug-likeness (QED) is 0.312. The molecule has 0 atom stereocenters. The van der Waals surface area contributed by atoms with Crippen molar-refractivity contribution >= 4 is 47.7 Å². The molecule has 0 spiro atoms. The fraction of sp³-hybridized carbons (Fsp3) is 0.583. The fourth-order valence-electron chi connectivity index (χ4n) is 4.77. The van der Waals surface area contributed by atoms with E-state index in [1.807, 2.05) is 60.7 Å². The summed E-state index contributed by atoms with van der Waals surface area (Å²) >= 11 is 0. The summed E-state index contributed by atoms with van der Waals surface area (Å²) < 4.78 is 10.4. The number of hydrogen-bond donors (Lipinski definition) is 3. The van der Waals surface area contributed by atoms with Gasteiger partial charge in [0.1, 0.15) is 13.2 Å². The number of rotatable bonds is 10. The van der Waals surface area contributed by atoms with Gasteiger partial charge in [-0.15, -0.1) is 0 Å². The maximum Gasteiger partial charge on any atom is 0.407 e. The third-order valence-electron chi connectivity index (χ3n) is 7.52. The van der Waals surface area contributed by atoms with Gasteiger partial charge in [-0.05, 0) is 74.8 Å². The molecule has 14 heteroatoms. The van der Waals surface area contributed by atoms with Crippen LogP contribution in [0.2, 0.25) is 0 Å². The first-order valence-corrected chi connectivity index (χ1v) is 15.9. The molecular formula is C36H63B4N5O5. The molecule has 2 aromatic carbocycles. The number of carbonyl (C=O) groups excluding carboxylic acids is 3. The van der Waals surface area contributed by atoms with Gasteiger partial charge in [0.2, 0.25) is 5.91 Å². The number of hydrogen-bond acceptors (Lipinski definition) is 7. The Morgan fingerprint density at radius 3 is 1.50 bits per heavy atom. The predicted molar refractivity (Wildman–Crippen MR) is 213 cm³/mol. The molecule has 2 heterocycles. The summed E-state index contributed by atoms with van der Waals surface area (Å²) in [5.74, 6) is 1.16. The van der Waals surface area contributed by atoms with Gasteiger partial charge in [0, 0.05) is 56.8 Å². The Labute approximate surface area is 308 Å². The van der Waals surface area contributed by atoms with Crippen LogP contribution in [0.1, 0.15) is 66.5 Å². The van der Waals surface area contributed by atoms with Gasteiger partial charge in [0.05, 0.1) is 6.54 Å². The third kappa shape index (κ3) is 24.7. The summed E-state index contributed by atoms with van der Waals surface area (Å²) in [5, 5.41) is 8.98. The molecule has 10 nitrogen and oxygen atoms in total. The van der Waals surface area contributed by atoms with Gasteiger partial charge < -0.3 is 30.3 Å². The van der Waals surface area contributed by atoms with Crippen LogP contribution in [0.5, 0.6) is 0 Å². The molecule has 0 unspecified atom stereocenters. The lowest BCUT2D eigenvalue weighted by Crippen LogP contribution is -2.43. The molecule has 3 amide bonds. The van der Waals surface area contributed by atoms with Crippen LogP contribution in [0.25, 0.3) is 0 Å². The standard InChI is InChI=1S/C18H27N3O3.C14H20N2O2.4CH4.B4/c1-20(2)17(22)13-21-10-8-15(9-11-21)12-19-18(23)24-14-16-6-4-3-5-7-16;17-14(16-10-12-6-8-15-9-7-12)18-11-13-4-2-1-3-5-13;;;;;1-4(2)3/h3-7,15H,8-14H2,1-2H3,(H,19,23);1-5,12,15H,6-11H2,(H,16,17);4*1H4;. The first kappa shape index (κ1) is 51.0. The normalized spacial score (nSPS) is 13.9. The van der Waals surface area contributed by atoms with Crippen LogP contribution in [0.15, 0.2) is 60.7 Å². The van der Waals surface area contributed by atoms with E-state index in [-0.39, 0.29) is 54.4 Å². The lowest BCUT2D eigenvalue weighted by molar-refractivity contribution is -0.130. The zero-order valence-electron chi connectivity index (χ0n) is 27.4. The van der Waals surface area contributed by atoms with Gasteiger partial charge in [-0.2, -0.15) is 0 Å². The molecule has 4 rings (SSSR count). The zero-order chi connectivity index (χ0) is 33.6. The maximum absolute atomic E-state index is 11.7. The van der Waals surface area contributed by atoms with E-state index in [2.05, 4.69) is 44.1 Å². The smallest absolute Gasteiger partial charge is 0.407 e. The Morgan fingerprint density at radius 1 is 0.740 bits per heavy atom. The minimum Gasteiger partial charge on any atom is -0.445 e. The lowest BCUT2D eigenvalue weighted by Gasteiger charge is -2.32. The number of benzene rings is 2. The monoisotopic (exact) mass is 690 g/mol. The second kappa shape index (κ2) is 30.5. The molecule has 2 aliphatic heterocycles. The van der Waals surface area contributed by atoms with Crippen LogP contribution in [0, 0.1) is 11.8 Å². The minimum atomic E-state index is -0.667. The molecule has 2 saturated heterocycles. The summed E-state index contributed by atoms with van der Waals surface area (Å²) in [6, 6.07) is 19.3. The first-order chi connectivity index (χ1) is 22.1. The Kier molecular flexibility index (Phi) is 31.1. The van der Waals surface area contributed by atoms with Crippen molar-refractivity contribution in [3.63, 3.8) is 0 Å². The van der Waals surface area contributed by atoms with Crippen LogP contribution < -0.4 is 16.0 Å². The Bertz CT molecular complexity index is 1120. The molecule has 2 aliphatic rings. The van der Waals surface area contributed by atoms with Gasteiger partial charge >= 0.3 is 12.2 Å². The second-order valence-electron chi connectivity index (χ2n) is 11.7. The molecule has 0 aliphatic carbocycles. The van der Waals surface area contributed by atoms with Gasteiger partial charge in [-0.3, -0.25) is 9.69 Å². The van der Waals surface area contributed by atoms with Crippen LogP contribution in [0.3, 0.4) is 0 Å². The van der Waals surface area contributed by atoms with Crippen molar-refractivity contribution in [3.8, 4) is 0 Å². The van der Waals surface area contributed by atoms with E-state index in [9.17, 15) is 14.4 Å². The average molecular weight is 689 g/mol. The van der Waals surface area contributed by atoms with E-state index in [0.29, 0.717) is 31.5 Å². The van der Waals surface area contributed by atoms with Gasteiger partial charge in [-0.25, -0.2) is 9.59 Å². The van der Waals surface area contributed by atoms with E-state index in [4.69, 9.17) is 9.47 Å². The fourth-order valence-corrected chi connectivity index (χ4v) is 4.77. The molecular weight excluding hydrogens is 626 g/mol. The minimum absolute atomic E-state index is 0. The highest BCUT2D eigenvalue weighted by Gasteiger charge is 2.22. The number of likely N-dealkylation sites (tertiary alicyclic amines) is 1. The number of carbonyl (C=O) groups is 3. The zero-order valence-corrected chi connectivity index (χ0v) is 27.4. The van der Waals surface area contributed by atoms with Crippen molar-refractivity contribution in [2.45, 2.75) is 68.6 Å². The summed E-state index contributed by atoms with van der Waals surface area (Å²) in [7, 11) is 17.6. The molecule has 3 N–H and O–H groups in total. The number of nitrogens with one attached hydrogen (secondary N) is 3. The molecule has 2 aromatic rings. The molecule has 0 aromatic heterocycles. The van der Waals surface area contributed by atoms with Gasteiger partial charge in [-0.1, -0.05) is 90.4 Å². The topological polar surface area (TPSA) is 112 Å². The van der Waals surface area contributed by atoms with E-state index < -0.39 is 6.39 Å². The number of ether oxygens (including phenoxy) is 2. The SMILES string of the molecule is C.C.C.C.CN(C)C(=O)CN1CCC(CNC(=O)OCc2ccccc2)CC1.O=C(NCC1CCNCC1)OCc1ccccc1.[B]B([B])[B]. The van der Waals surface area contributed by atoms with Crippen molar-refractivity contribution < 1.29 is 23.9 Å². The molecule has 50 heavy (non-hydrogen) atoms. The summed E-state index contributed by atoms with van der Waals surface area (Å²) in [5.41, 5.74) is 1.99. The predicted octanol–water partition coefficient (Wildman–Crippen LogP) is 4.65. The number of likely N-dealkylation sites (N-methyl/N-ethyl adjacent to an activating group) is 1.